The molecule has 0 amide bonds. The lowest BCUT2D eigenvalue weighted by Crippen LogP contribution is -1.89. The number of hydrogen-bond donors (Lipinski definition) is 0. The molecule has 6 aromatic carbocycles. The van der Waals surface area contributed by atoms with E-state index in [0.29, 0.717) is 0 Å². The normalized spacial score (nSPS) is 12.8. The highest BCUT2D eigenvalue weighted by Crippen LogP contribution is 2.44. The maximum absolute atomic E-state index is 6.26. The van der Waals surface area contributed by atoms with Gasteiger partial charge in [-0.2, -0.15) is 0 Å². The summed E-state index contributed by atoms with van der Waals surface area (Å²) in [6.45, 7) is 5.88. The van der Waals surface area contributed by atoms with Crippen molar-refractivity contribution in [3.63, 3.8) is 0 Å². The summed E-state index contributed by atoms with van der Waals surface area (Å²) >= 11 is 3.74. The maximum Gasteiger partial charge on any atom is 0.135 e. The van der Waals surface area contributed by atoms with Crippen LogP contribution in [0, 0.1) is 0 Å². The molecule has 0 spiro atoms. The van der Waals surface area contributed by atoms with Crippen LogP contribution in [0.1, 0.15) is 18.5 Å². The lowest BCUT2D eigenvalue weighted by Gasteiger charge is -2.08. The fraction of sp³-hybridized carbons (Fsp3) is 0.0513. The average molecular weight is 588 g/mol. The number of furan rings is 1. The van der Waals surface area contributed by atoms with Gasteiger partial charge in [0, 0.05) is 51.1 Å². The van der Waals surface area contributed by atoms with Crippen LogP contribution in [-0.2, 0) is 0 Å². The molecule has 0 fully saturated rings. The Morgan fingerprint density at radius 2 is 1.26 bits per heavy atom. The van der Waals surface area contributed by atoms with Gasteiger partial charge >= 0.3 is 0 Å². The number of nitrogens with zero attached hydrogens (tertiary/aromatic N) is 1. The topological polar surface area (TPSA) is 25.5 Å². The summed E-state index contributed by atoms with van der Waals surface area (Å²) in [5, 5.41) is 7.52. The molecule has 1 unspecified atom stereocenters. The van der Waals surface area contributed by atoms with Crippen molar-refractivity contribution in [2.45, 2.75) is 13.0 Å². The molecule has 0 saturated heterocycles. The maximum atomic E-state index is 6.26. The highest BCUT2D eigenvalue weighted by atomic mass is 32.1. The van der Waals surface area contributed by atoms with E-state index in [-0.39, 0.29) is 6.04 Å². The summed E-state index contributed by atoms with van der Waals surface area (Å²) < 4.78 is 11.5. The molecule has 0 aliphatic rings. The Labute approximate surface area is 256 Å². The van der Waals surface area contributed by atoms with Gasteiger partial charge in [0.25, 0.3) is 0 Å². The minimum Gasteiger partial charge on any atom is -0.456 e. The molecular formula is C39H25NOS2. The van der Waals surface area contributed by atoms with Gasteiger partial charge in [-0.15, -0.1) is 22.7 Å². The third kappa shape index (κ3) is 3.73. The Bertz CT molecular complexity index is 2560. The van der Waals surface area contributed by atoms with E-state index < -0.39 is 0 Å². The first-order valence-electron chi connectivity index (χ1n) is 14.4. The van der Waals surface area contributed by atoms with Crippen molar-refractivity contribution in [3.8, 4) is 22.3 Å². The SMILES string of the molecule is C=NC(C)c1cccc2oc3ccc(-c4cccc5sc6cc(-c7ccc8c(c7)sc7ccccc78)ccc6c45)cc3c12. The van der Waals surface area contributed by atoms with Crippen LogP contribution in [0.2, 0.25) is 0 Å². The second-order valence-electron chi connectivity index (χ2n) is 11.2. The van der Waals surface area contributed by atoms with Crippen LogP contribution >= 0.6 is 22.7 Å². The van der Waals surface area contributed by atoms with Gasteiger partial charge in [0.1, 0.15) is 11.2 Å². The van der Waals surface area contributed by atoms with Crippen LogP contribution in [0.3, 0.4) is 0 Å². The summed E-state index contributed by atoms with van der Waals surface area (Å²) in [7, 11) is 0. The molecule has 9 rings (SSSR count). The monoisotopic (exact) mass is 587 g/mol. The molecule has 3 heterocycles. The lowest BCUT2D eigenvalue weighted by atomic mass is 9.95. The van der Waals surface area contributed by atoms with Crippen LogP contribution in [0.25, 0.3) is 84.5 Å². The molecule has 0 saturated carbocycles. The third-order valence-corrected chi connectivity index (χ3v) is 11.0. The largest absolute Gasteiger partial charge is 0.456 e. The van der Waals surface area contributed by atoms with Gasteiger partial charge in [-0.3, -0.25) is 4.99 Å². The predicted molar refractivity (Wildman–Crippen MR) is 188 cm³/mol. The minimum absolute atomic E-state index is 0.00816. The molecule has 9 aromatic rings. The number of rotatable bonds is 4. The van der Waals surface area contributed by atoms with E-state index >= 15 is 0 Å². The fourth-order valence-electron chi connectivity index (χ4n) is 6.62. The summed E-state index contributed by atoms with van der Waals surface area (Å²) in [4.78, 5) is 4.31. The van der Waals surface area contributed by atoms with Crippen molar-refractivity contribution in [2.75, 3.05) is 0 Å². The van der Waals surface area contributed by atoms with Crippen LogP contribution < -0.4 is 0 Å². The molecule has 204 valence electrons. The van der Waals surface area contributed by atoms with E-state index in [0.717, 1.165) is 27.5 Å². The lowest BCUT2D eigenvalue weighted by molar-refractivity contribution is 0.668. The van der Waals surface area contributed by atoms with Gasteiger partial charge in [-0.1, -0.05) is 72.8 Å². The predicted octanol–water partition coefficient (Wildman–Crippen LogP) is 12.4. The average Bonchev–Trinajstić information content (AvgIpc) is 3.74. The Balaban J connectivity index is 1.20. The van der Waals surface area contributed by atoms with E-state index in [1.165, 1.54) is 62.6 Å². The zero-order valence-corrected chi connectivity index (χ0v) is 25.1. The fourth-order valence-corrected chi connectivity index (χ4v) is 8.94. The Morgan fingerprint density at radius 1 is 0.558 bits per heavy atom. The number of benzene rings is 6. The van der Waals surface area contributed by atoms with Crippen molar-refractivity contribution in [3.05, 3.63) is 121 Å². The van der Waals surface area contributed by atoms with Gasteiger partial charge in [0.15, 0.2) is 0 Å². The zero-order chi connectivity index (χ0) is 28.7. The van der Waals surface area contributed by atoms with Gasteiger partial charge in [0.2, 0.25) is 0 Å². The van der Waals surface area contributed by atoms with Gasteiger partial charge in [-0.05, 0) is 83.9 Å². The second-order valence-corrected chi connectivity index (χ2v) is 13.4. The van der Waals surface area contributed by atoms with Gasteiger partial charge in [0.05, 0.1) is 6.04 Å². The number of aliphatic imine (C=N–C) groups is 1. The van der Waals surface area contributed by atoms with Crippen molar-refractivity contribution in [1.29, 1.82) is 0 Å². The van der Waals surface area contributed by atoms with Gasteiger partial charge in [-0.25, -0.2) is 0 Å². The van der Waals surface area contributed by atoms with Crippen molar-refractivity contribution >= 4 is 91.7 Å². The molecule has 43 heavy (non-hydrogen) atoms. The van der Waals surface area contributed by atoms with Crippen LogP contribution in [-0.4, -0.2) is 6.72 Å². The van der Waals surface area contributed by atoms with Gasteiger partial charge < -0.3 is 4.42 Å². The highest BCUT2D eigenvalue weighted by molar-refractivity contribution is 7.26. The molecule has 0 bridgehead atoms. The first-order chi connectivity index (χ1) is 21.2. The molecule has 3 aromatic heterocycles. The summed E-state index contributed by atoms with van der Waals surface area (Å²) in [6, 6.07) is 42.0. The van der Waals surface area contributed by atoms with E-state index in [1.54, 1.807) is 0 Å². The molecule has 0 radical (unpaired) electrons. The highest BCUT2D eigenvalue weighted by Gasteiger charge is 2.17. The summed E-state index contributed by atoms with van der Waals surface area (Å²) in [5.41, 5.74) is 7.87. The molecule has 2 nitrogen and oxygen atoms in total. The quantitative estimate of drug-likeness (QED) is 0.188. The van der Waals surface area contributed by atoms with Crippen LogP contribution in [0.15, 0.2) is 125 Å². The number of hydrogen-bond acceptors (Lipinski definition) is 4. The van der Waals surface area contributed by atoms with E-state index in [1.807, 2.05) is 34.8 Å². The van der Waals surface area contributed by atoms with Crippen molar-refractivity contribution < 1.29 is 4.42 Å². The Morgan fingerprint density at radius 3 is 2.12 bits per heavy atom. The standard InChI is InChI=1S/C39H25NOS2/c1-22(40-2)26-8-5-10-33-38(26)31-19-25(15-18-32(31)41-33)27-9-6-12-35-39(27)30-17-14-24(21-37(30)43-35)23-13-16-29-28-7-3-4-11-34(28)42-36(29)20-23/h3-22H,2H2,1H3. The molecule has 1 atom stereocenters. The van der Waals surface area contributed by atoms with E-state index in [2.05, 4.69) is 122 Å². The van der Waals surface area contributed by atoms with E-state index in [9.17, 15) is 0 Å². The first kappa shape index (κ1) is 24.8. The number of thiophene rings is 2. The van der Waals surface area contributed by atoms with E-state index in [4.69, 9.17) is 4.42 Å². The van der Waals surface area contributed by atoms with Crippen LogP contribution in [0.4, 0.5) is 0 Å². The van der Waals surface area contributed by atoms with Crippen molar-refractivity contribution in [1.82, 2.24) is 0 Å². The summed E-state index contributed by atoms with van der Waals surface area (Å²) in [5.74, 6) is 0. The molecular weight excluding hydrogens is 563 g/mol. The molecule has 0 aliphatic heterocycles. The van der Waals surface area contributed by atoms with Crippen LogP contribution in [0.5, 0.6) is 0 Å². The smallest absolute Gasteiger partial charge is 0.135 e. The first-order valence-corrected chi connectivity index (χ1v) is 16.1. The number of fused-ring (bicyclic) bond motifs is 9. The Hall–Kier alpha value is -4.77. The third-order valence-electron chi connectivity index (χ3n) is 8.77. The zero-order valence-electron chi connectivity index (χ0n) is 23.4. The summed E-state index contributed by atoms with van der Waals surface area (Å²) in [6.07, 6.45) is 0. The minimum atomic E-state index is -0.00816. The second kappa shape index (κ2) is 9.37. The Kier molecular flexibility index (Phi) is 5.40. The van der Waals surface area contributed by atoms with Crippen molar-refractivity contribution in [2.24, 2.45) is 4.99 Å². The molecule has 0 N–H and O–H groups in total. The molecule has 4 heteroatoms. The molecule has 0 aliphatic carbocycles.